The lowest BCUT2D eigenvalue weighted by Gasteiger charge is -2.34. The van der Waals surface area contributed by atoms with Crippen LogP contribution >= 0.6 is 0 Å². The molecule has 6 nitrogen and oxygen atoms in total. The lowest BCUT2D eigenvalue weighted by Crippen LogP contribution is -2.53. The zero-order chi connectivity index (χ0) is 13.0. The number of hydrogen-bond acceptors (Lipinski definition) is 5. The number of carbonyl (C=O) groups excluding carboxylic acids is 2. The number of likely N-dealkylation sites (N-methyl/N-ethyl adjacent to an activating group) is 1. The lowest BCUT2D eigenvalue weighted by molar-refractivity contribution is -0.880. The molecule has 0 aromatic carbocycles. The number of rotatable bonds is 6. The van der Waals surface area contributed by atoms with Gasteiger partial charge in [0, 0.05) is 12.4 Å². The zero-order valence-electron chi connectivity index (χ0n) is 10.1. The number of esters is 1. The molecule has 0 radical (unpaired) electrons. The Kier molecular flexibility index (Phi) is 4.89. The summed E-state index contributed by atoms with van der Waals surface area (Å²) in [6.45, 7) is 1.54. The summed E-state index contributed by atoms with van der Waals surface area (Å²) in [7, 11) is 5.25. The minimum atomic E-state index is -2.01. The van der Waals surface area contributed by atoms with Crippen LogP contribution in [-0.2, 0) is 14.3 Å². The van der Waals surface area contributed by atoms with E-state index in [0.29, 0.717) is 0 Å². The third kappa shape index (κ3) is 6.36. The van der Waals surface area contributed by atoms with Gasteiger partial charge in [-0.25, -0.2) is 0 Å². The molecular formula is C10H19NO5. The Balaban J connectivity index is 4.74. The van der Waals surface area contributed by atoms with Gasteiger partial charge in [-0.1, -0.05) is 6.92 Å². The van der Waals surface area contributed by atoms with Gasteiger partial charge in [0.25, 0.3) is 5.79 Å². The quantitative estimate of drug-likeness (QED) is 0.342. The highest BCUT2D eigenvalue weighted by Crippen LogP contribution is 2.16. The molecule has 0 bridgehead atoms. The van der Waals surface area contributed by atoms with Gasteiger partial charge < -0.3 is 24.2 Å². The Bertz CT molecular complexity index is 271. The number of quaternary nitrogens is 1. The third-order valence-corrected chi connectivity index (χ3v) is 1.73. The van der Waals surface area contributed by atoms with Crippen LogP contribution in [0.5, 0.6) is 0 Å². The first-order valence-corrected chi connectivity index (χ1v) is 5.02. The Labute approximate surface area is 95.0 Å². The van der Waals surface area contributed by atoms with E-state index < -0.39 is 24.1 Å². The van der Waals surface area contributed by atoms with Crippen LogP contribution in [0.25, 0.3) is 0 Å². The summed E-state index contributed by atoms with van der Waals surface area (Å²) < 4.78 is 5.02. The number of carboxylic acids is 1. The first kappa shape index (κ1) is 14.9. The van der Waals surface area contributed by atoms with Crippen molar-refractivity contribution in [1.82, 2.24) is 0 Å². The van der Waals surface area contributed by atoms with Crippen LogP contribution in [0, 0.1) is 0 Å². The highest BCUT2D eigenvalue weighted by atomic mass is 16.7. The molecule has 0 rings (SSSR count). The lowest BCUT2D eigenvalue weighted by atomic mass is 10.1. The van der Waals surface area contributed by atoms with Gasteiger partial charge in [-0.2, -0.15) is 0 Å². The molecule has 0 heterocycles. The second-order valence-corrected chi connectivity index (χ2v) is 4.77. The van der Waals surface area contributed by atoms with Gasteiger partial charge in [0.15, 0.2) is 0 Å². The van der Waals surface area contributed by atoms with Crippen LogP contribution in [0.4, 0.5) is 0 Å². The molecule has 0 fully saturated rings. The Morgan fingerprint density at radius 2 is 1.88 bits per heavy atom. The molecule has 0 saturated heterocycles. The van der Waals surface area contributed by atoms with Crippen molar-refractivity contribution in [1.29, 1.82) is 0 Å². The van der Waals surface area contributed by atoms with E-state index >= 15 is 0 Å². The van der Waals surface area contributed by atoms with E-state index in [9.17, 15) is 19.8 Å². The van der Waals surface area contributed by atoms with Crippen LogP contribution in [0.15, 0.2) is 0 Å². The van der Waals surface area contributed by atoms with E-state index in [-0.39, 0.29) is 17.4 Å². The summed E-state index contributed by atoms with van der Waals surface area (Å²) >= 11 is 0. The maximum atomic E-state index is 11.1. The number of aliphatic hydroxyl groups is 1. The number of hydrogen-bond donors (Lipinski definition) is 1. The second kappa shape index (κ2) is 5.27. The fraction of sp³-hybridized carbons (Fsp3) is 0.800. The number of carboxylic acid groups (broad SMARTS) is 1. The molecule has 0 aromatic heterocycles. The van der Waals surface area contributed by atoms with Crippen molar-refractivity contribution in [2.75, 3.05) is 27.7 Å². The average Bonchev–Trinajstić information content (AvgIpc) is 1.97. The Morgan fingerprint density at radius 1 is 1.38 bits per heavy atom. The molecule has 1 unspecified atom stereocenters. The van der Waals surface area contributed by atoms with Crippen LogP contribution in [0.3, 0.4) is 0 Å². The van der Waals surface area contributed by atoms with Crippen LogP contribution in [-0.4, -0.2) is 55.0 Å². The first-order valence-electron chi connectivity index (χ1n) is 5.02. The fourth-order valence-corrected chi connectivity index (χ4v) is 1.38. The van der Waals surface area contributed by atoms with Crippen molar-refractivity contribution in [3.63, 3.8) is 0 Å². The van der Waals surface area contributed by atoms with Gasteiger partial charge in [-0.3, -0.25) is 4.79 Å². The number of carbonyl (C=O) groups is 2. The van der Waals surface area contributed by atoms with E-state index in [0.717, 1.165) is 0 Å². The topological polar surface area (TPSA) is 86.7 Å². The molecule has 1 N–H and O–H groups in total. The molecule has 0 aliphatic heterocycles. The number of aliphatic carboxylic acids is 1. The van der Waals surface area contributed by atoms with Crippen molar-refractivity contribution in [2.45, 2.75) is 25.6 Å². The van der Waals surface area contributed by atoms with Gasteiger partial charge in [-0.15, -0.1) is 0 Å². The average molecular weight is 233 g/mol. The van der Waals surface area contributed by atoms with E-state index in [1.165, 1.54) is 0 Å². The van der Waals surface area contributed by atoms with E-state index in [1.54, 1.807) is 28.1 Å². The summed E-state index contributed by atoms with van der Waals surface area (Å²) in [6.07, 6.45) is -0.652. The summed E-state index contributed by atoms with van der Waals surface area (Å²) in [6, 6.07) is 0. The Morgan fingerprint density at radius 3 is 2.19 bits per heavy atom. The van der Waals surface area contributed by atoms with Crippen molar-refractivity contribution >= 4 is 11.9 Å². The molecule has 6 heteroatoms. The molecule has 16 heavy (non-hydrogen) atoms. The molecule has 1 atom stereocenters. The SMILES string of the molecule is CCC(=O)OC(O)(CC(=O)[O-])C[N+](C)(C)C. The van der Waals surface area contributed by atoms with Crippen LogP contribution < -0.4 is 5.11 Å². The molecular weight excluding hydrogens is 214 g/mol. The molecule has 0 saturated carbocycles. The molecule has 0 aliphatic carbocycles. The molecule has 0 spiro atoms. The maximum absolute atomic E-state index is 11.1. The predicted octanol–water partition coefficient (Wildman–Crippen LogP) is -1.53. The predicted molar refractivity (Wildman–Crippen MR) is 53.9 cm³/mol. The normalized spacial score (nSPS) is 15.3. The highest BCUT2D eigenvalue weighted by molar-refractivity contribution is 5.71. The largest absolute Gasteiger partial charge is 0.550 e. The third-order valence-electron chi connectivity index (χ3n) is 1.73. The smallest absolute Gasteiger partial charge is 0.308 e. The van der Waals surface area contributed by atoms with E-state index in [1.807, 2.05) is 0 Å². The number of nitrogens with zero attached hydrogens (tertiary/aromatic N) is 1. The van der Waals surface area contributed by atoms with Gasteiger partial charge in [0.05, 0.1) is 27.6 Å². The first-order chi connectivity index (χ1) is 7.08. The minimum absolute atomic E-state index is 0.0211. The standard InChI is InChI=1S/C10H19NO5/c1-5-9(14)16-10(15,6-8(12)13)7-11(2,3)4/h15H,5-7H2,1-4H3. The van der Waals surface area contributed by atoms with Gasteiger partial charge in [0.2, 0.25) is 0 Å². The van der Waals surface area contributed by atoms with Crippen molar-refractivity contribution in [2.24, 2.45) is 0 Å². The summed E-state index contributed by atoms with van der Waals surface area (Å²) in [5, 5.41) is 20.4. The number of ether oxygens (including phenoxy) is 1. The zero-order valence-corrected chi connectivity index (χ0v) is 10.1. The second-order valence-electron chi connectivity index (χ2n) is 4.77. The summed E-state index contributed by atoms with van der Waals surface area (Å²) in [5.74, 6) is -4.11. The van der Waals surface area contributed by atoms with Crippen molar-refractivity contribution in [3.8, 4) is 0 Å². The summed E-state index contributed by atoms with van der Waals surface area (Å²) in [4.78, 5) is 21.6. The molecule has 0 aromatic rings. The summed E-state index contributed by atoms with van der Waals surface area (Å²) in [5.41, 5.74) is 0. The van der Waals surface area contributed by atoms with Crippen LogP contribution in [0.1, 0.15) is 19.8 Å². The maximum Gasteiger partial charge on any atom is 0.308 e. The van der Waals surface area contributed by atoms with Gasteiger partial charge in [-0.05, 0) is 0 Å². The molecule has 0 aliphatic rings. The van der Waals surface area contributed by atoms with Crippen LogP contribution in [0.2, 0.25) is 0 Å². The molecule has 0 amide bonds. The Hall–Kier alpha value is -1.14. The molecule has 94 valence electrons. The van der Waals surface area contributed by atoms with Crippen molar-refractivity contribution < 1.29 is 29.0 Å². The fourth-order valence-electron chi connectivity index (χ4n) is 1.38. The van der Waals surface area contributed by atoms with E-state index in [4.69, 9.17) is 4.74 Å². The van der Waals surface area contributed by atoms with Gasteiger partial charge in [0.1, 0.15) is 6.54 Å². The monoisotopic (exact) mass is 233 g/mol. The highest BCUT2D eigenvalue weighted by Gasteiger charge is 2.37. The van der Waals surface area contributed by atoms with E-state index in [2.05, 4.69) is 0 Å². The van der Waals surface area contributed by atoms with Gasteiger partial charge >= 0.3 is 5.97 Å². The van der Waals surface area contributed by atoms with Crippen molar-refractivity contribution in [3.05, 3.63) is 0 Å². The minimum Gasteiger partial charge on any atom is -0.550 e.